The molecule has 1 amide bonds. The van der Waals surface area contributed by atoms with E-state index in [0.29, 0.717) is 5.69 Å². The SMILES string of the molecule is CCc1ccc(NC(=O)CCNS(=O)(=O)c2ccc(OC(F)(F)F)cc2)cc1. The van der Waals surface area contributed by atoms with Gasteiger partial charge in [-0.05, 0) is 48.4 Å². The highest BCUT2D eigenvalue weighted by atomic mass is 32.2. The van der Waals surface area contributed by atoms with E-state index < -0.39 is 22.1 Å². The van der Waals surface area contributed by atoms with Crippen molar-refractivity contribution in [2.45, 2.75) is 31.0 Å². The molecule has 2 aromatic rings. The summed E-state index contributed by atoms with van der Waals surface area (Å²) in [5.74, 6) is -0.902. The van der Waals surface area contributed by atoms with Gasteiger partial charge >= 0.3 is 6.36 Å². The van der Waals surface area contributed by atoms with Crippen molar-refractivity contribution in [2.24, 2.45) is 0 Å². The summed E-state index contributed by atoms with van der Waals surface area (Å²) in [5.41, 5.74) is 1.72. The van der Waals surface area contributed by atoms with Crippen molar-refractivity contribution in [3.8, 4) is 5.75 Å². The summed E-state index contributed by atoms with van der Waals surface area (Å²) < 4.78 is 66.5. The standard InChI is InChI=1S/C18H19F3N2O4S/c1-2-13-3-5-14(6-4-13)23-17(24)11-12-22-28(25,26)16-9-7-15(8-10-16)27-18(19,20)21/h3-10,22H,2,11-12H2,1H3,(H,23,24). The molecule has 10 heteroatoms. The first-order valence-electron chi connectivity index (χ1n) is 8.33. The minimum atomic E-state index is -4.86. The molecule has 0 spiro atoms. The highest BCUT2D eigenvalue weighted by Crippen LogP contribution is 2.23. The van der Waals surface area contributed by atoms with Crippen LogP contribution in [0.15, 0.2) is 53.4 Å². The van der Waals surface area contributed by atoms with Gasteiger partial charge in [0, 0.05) is 18.7 Å². The zero-order valence-corrected chi connectivity index (χ0v) is 15.7. The molecular formula is C18H19F3N2O4S. The van der Waals surface area contributed by atoms with Crippen LogP contribution in [-0.2, 0) is 21.2 Å². The second kappa shape index (κ2) is 9.07. The first-order valence-corrected chi connectivity index (χ1v) is 9.81. The summed E-state index contributed by atoms with van der Waals surface area (Å²) in [6.07, 6.45) is -4.09. The molecule has 0 aliphatic rings. The maximum Gasteiger partial charge on any atom is 0.573 e. The van der Waals surface area contributed by atoms with E-state index >= 15 is 0 Å². The predicted molar refractivity (Wildman–Crippen MR) is 97.4 cm³/mol. The molecule has 0 radical (unpaired) electrons. The molecule has 2 rings (SSSR count). The average molecular weight is 416 g/mol. The number of ether oxygens (including phenoxy) is 1. The molecule has 0 saturated carbocycles. The number of carbonyl (C=O) groups is 1. The van der Waals surface area contributed by atoms with Gasteiger partial charge in [0.1, 0.15) is 5.75 Å². The Bertz CT molecular complexity index is 896. The van der Waals surface area contributed by atoms with Gasteiger partial charge in [-0.2, -0.15) is 0 Å². The van der Waals surface area contributed by atoms with Crippen LogP contribution in [0.1, 0.15) is 18.9 Å². The van der Waals surface area contributed by atoms with Gasteiger partial charge in [-0.3, -0.25) is 4.79 Å². The third-order valence-electron chi connectivity index (χ3n) is 3.66. The molecule has 0 fully saturated rings. The third-order valence-corrected chi connectivity index (χ3v) is 5.13. The number of rotatable bonds is 8. The van der Waals surface area contributed by atoms with Crippen LogP contribution in [0.5, 0.6) is 5.75 Å². The molecule has 152 valence electrons. The van der Waals surface area contributed by atoms with Crippen molar-refractivity contribution in [1.82, 2.24) is 4.72 Å². The predicted octanol–water partition coefficient (Wildman–Crippen LogP) is 3.45. The number of aryl methyl sites for hydroxylation is 1. The minimum absolute atomic E-state index is 0.107. The average Bonchev–Trinajstić information content (AvgIpc) is 2.61. The van der Waals surface area contributed by atoms with E-state index in [9.17, 15) is 26.4 Å². The van der Waals surface area contributed by atoms with E-state index in [2.05, 4.69) is 14.8 Å². The summed E-state index contributed by atoms with van der Waals surface area (Å²) in [7, 11) is -3.97. The van der Waals surface area contributed by atoms with Gasteiger partial charge < -0.3 is 10.1 Å². The zero-order valence-electron chi connectivity index (χ0n) is 14.9. The lowest BCUT2D eigenvalue weighted by molar-refractivity contribution is -0.274. The van der Waals surface area contributed by atoms with Gasteiger partial charge in [0.15, 0.2) is 0 Å². The zero-order chi connectivity index (χ0) is 20.8. The number of halogens is 3. The summed E-state index contributed by atoms with van der Waals surface area (Å²) in [6.45, 7) is 1.85. The molecular weight excluding hydrogens is 397 g/mol. The minimum Gasteiger partial charge on any atom is -0.406 e. The Morgan fingerprint density at radius 2 is 1.64 bits per heavy atom. The number of hydrogen-bond acceptors (Lipinski definition) is 4. The lowest BCUT2D eigenvalue weighted by Crippen LogP contribution is -2.27. The summed E-state index contributed by atoms with van der Waals surface area (Å²) in [6, 6.07) is 11.0. The molecule has 28 heavy (non-hydrogen) atoms. The van der Waals surface area contributed by atoms with Crippen molar-refractivity contribution in [2.75, 3.05) is 11.9 Å². The number of alkyl halides is 3. The van der Waals surface area contributed by atoms with Crippen molar-refractivity contribution in [3.05, 3.63) is 54.1 Å². The molecule has 2 N–H and O–H groups in total. The van der Waals surface area contributed by atoms with Gasteiger partial charge in [0.2, 0.25) is 15.9 Å². The van der Waals surface area contributed by atoms with Crippen LogP contribution in [0.2, 0.25) is 0 Å². The number of nitrogens with one attached hydrogen (secondary N) is 2. The van der Waals surface area contributed by atoms with E-state index in [1.54, 1.807) is 12.1 Å². The van der Waals surface area contributed by atoms with E-state index in [1.807, 2.05) is 19.1 Å². The van der Waals surface area contributed by atoms with Crippen LogP contribution in [0.25, 0.3) is 0 Å². The topological polar surface area (TPSA) is 84.5 Å². The summed E-state index contributed by atoms with van der Waals surface area (Å²) in [4.78, 5) is 11.7. The molecule has 0 aliphatic carbocycles. The number of anilines is 1. The van der Waals surface area contributed by atoms with Crippen molar-refractivity contribution in [3.63, 3.8) is 0 Å². The molecule has 0 atom stereocenters. The second-order valence-electron chi connectivity index (χ2n) is 5.77. The number of hydrogen-bond donors (Lipinski definition) is 2. The monoisotopic (exact) mass is 416 g/mol. The largest absolute Gasteiger partial charge is 0.573 e. The van der Waals surface area contributed by atoms with Gasteiger partial charge in [0.05, 0.1) is 4.90 Å². The van der Waals surface area contributed by atoms with Crippen LogP contribution >= 0.6 is 0 Å². The van der Waals surface area contributed by atoms with Crippen LogP contribution in [0.3, 0.4) is 0 Å². The Hall–Kier alpha value is -2.59. The van der Waals surface area contributed by atoms with Gasteiger partial charge in [-0.25, -0.2) is 13.1 Å². The number of benzene rings is 2. The fraction of sp³-hybridized carbons (Fsp3) is 0.278. The Labute approximate surface area is 160 Å². The molecule has 0 saturated heterocycles. The van der Waals surface area contributed by atoms with Crippen LogP contribution in [-0.4, -0.2) is 27.2 Å². The van der Waals surface area contributed by atoms with Crippen molar-refractivity contribution >= 4 is 21.6 Å². The molecule has 0 unspecified atom stereocenters. The highest BCUT2D eigenvalue weighted by Gasteiger charge is 2.31. The lowest BCUT2D eigenvalue weighted by atomic mass is 10.1. The third kappa shape index (κ3) is 6.86. The van der Waals surface area contributed by atoms with E-state index in [-0.39, 0.29) is 23.8 Å². The summed E-state index contributed by atoms with van der Waals surface area (Å²) >= 11 is 0. The Morgan fingerprint density at radius 1 is 1.04 bits per heavy atom. The molecule has 6 nitrogen and oxygen atoms in total. The van der Waals surface area contributed by atoms with Gasteiger partial charge in [0.25, 0.3) is 0 Å². The Balaban J connectivity index is 1.85. The van der Waals surface area contributed by atoms with E-state index in [0.717, 1.165) is 36.2 Å². The quantitative estimate of drug-likeness (QED) is 0.690. The first kappa shape index (κ1) is 21.7. The highest BCUT2D eigenvalue weighted by molar-refractivity contribution is 7.89. The fourth-order valence-corrected chi connectivity index (χ4v) is 3.28. The normalized spacial score (nSPS) is 11.9. The van der Waals surface area contributed by atoms with Crippen LogP contribution < -0.4 is 14.8 Å². The van der Waals surface area contributed by atoms with E-state index in [1.165, 1.54) is 0 Å². The van der Waals surface area contributed by atoms with Crippen LogP contribution in [0, 0.1) is 0 Å². The summed E-state index contributed by atoms with van der Waals surface area (Å²) in [5, 5.41) is 2.65. The molecule has 0 heterocycles. The molecule has 0 bridgehead atoms. The first-order chi connectivity index (χ1) is 13.1. The van der Waals surface area contributed by atoms with Crippen LogP contribution in [0.4, 0.5) is 18.9 Å². The molecule has 0 aromatic heterocycles. The number of sulfonamides is 1. The maximum absolute atomic E-state index is 12.1. The van der Waals surface area contributed by atoms with E-state index in [4.69, 9.17) is 0 Å². The van der Waals surface area contributed by atoms with Crippen molar-refractivity contribution < 1.29 is 31.1 Å². The Morgan fingerprint density at radius 3 is 2.18 bits per heavy atom. The second-order valence-corrected chi connectivity index (χ2v) is 7.53. The smallest absolute Gasteiger partial charge is 0.406 e. The van der Waals surface area contributed by atoms with Crippen molar-refractivity contribution in [1.29, 1.82) is 0 Å². The molecule has 0 aliphatic heterocycles. The Kier molecular flexibility index (Phi) is 7.03. The van der Waals surface area contributed by atoms with Gasteiger partial charge in [-0.15, -0.1) is 13.2 Å². The molecule has 2 aromatic carbocycles. The number of amides is 1. The number of carbonyl (C=O) groups excluding carboxylic acids is 1. The lowest BCUT2D eigenvalue weighted by Gasteiger charge is -2.10. The van der Waals surface area contributed by atoms with Gasteiger partial charge in [-0.1, -0.05) is 19.1 Å². The maximum atomic E-state index is 12.1. The fourth-order valence-electron chi connectivity index (χ4n) is 2.25.